The molecule has 0 saturated carbocycles. The predicted molar refractivity (Wildman–Crippen MR) is 118 cm³/mol. The van der Waals surface area contributed by atoms with Gasteiger partial charge in [0.2, 0.25) is 5.91 Å². The van der Waals surface area contributed by atoms with E-state index in [-0.39, 0.29) is 37.9 Å². The standard InChI is InChI=1S/C24H28N2O6/c1-15(22(27)25-12-11-21(31-2)23(28)29)13-26-24(30)32-14-20-18-9-5-3-7-16(18)17-8-4-6-10-19(17)20/h3-10,15,20-21H,11-14H2,1-2H3,(H,25,27)(H,26,30)(H,28,29). The molecule has 0 heterocycles. The monoisotopic (exact) mass is 440 g/mol. The molecule has 32 heavy (non-hydrogen) atoms. The topological polar surface area (TPSA) is 114 Å². The van der Waals surface area contributed by atoms with E-state index in [9.17, 15) is 14.4 Å². The van der Waals surface area contributed by atoms with Crippen LogP contribution in [0.3, 0.4) is 0 Å². The molecule has 2 amide bonds. The third-order valence-corrected chi connectivity index (χ3v) is 5.61. The first-order chi connectivity index (χ1) is 15.4. The summed E-state index contributed by atoms with van der Waals surface area (Å²) in [5, 5.41) is 14.2. The maximum atomic E-state index is 12.2. The van der Waals surface area contributed by atoms with Crippen LogP contribution in [0.15, 0.2) is 48.5 Å². The molecular formula is C24H28N2O6. The number of carboxylic acid groups (broad SMARTS) is 1. The number of aliphatic carboxylic acids is 1. The van der Waals surface area contributed by atoms with Crippen molar-refractivity contribution in [3.05, 3.63) is 59.7 Å². The Morgan fingerprint density at radius 3 is 2.16 bits per heavy atom. The highest BCUT2D eigenvalue weighted by atomic mass is 16.5. The van der Waals surface area contributed by atoms with Crippen LogP contribution in [-0.2, 0) is 19.1 Å². The molecule has 2 aromatic carbocycles. The molecule has 0 radical (unpaired) electrons. The van der Waals surface area contributed by atoms with E-state index in [1.807, 2.05) is 36.4 Å². The molecule has 2 atom stereocenters. The van der Waals surface area contributed by atoms with Gasteiger partial charge in [-0.3, -0.25) is 4.79 Å². The van der Waals surface area contributed by atoms with Crippen LogP contribution in [0.1, 0.15) is 30.4 Å². The molecule has 0 bridgehead atoms. The molecule has 0 saturated heterocycles. The number of benzene rings is 2. The van der Waals surface area contributed by atoms with Crippen LogP contribution in [0.25, 0.3) is 11.1 Å². The predicted octanol–water partition coefficient (Wildman–Crippen LogP) is 2.77. The fraction of sp³-hybridized carbons (Fsp3) is 0.375. The normalized spacial score (nSPS) is 14.1. The van der Waals surface area contributed by atoms with Crippen molar-refractivity contribution >= 4 is 18.0 Å². The molecule has 1 aliphatic carbocycles. The zero-order valence-corrected chi connectivity index (χ0v) is 18.2. The number of nitrogens with one attached hydrogen (secondary N) is 2. The summed E-state index contributed by atoms with van der Waals surface area (Å²) >= 11 is 0. The van der Waals surface area contributed by atoms with Gasteiger partial charge in [-0.25, -0.2) is 9.59 Å². The largest absolute Gasteiger partial charge is 0.479 e. The average molecular weight is 440 g/mol. The van der Waals surface area contributed by atoms with Crippen molar-refractivity contribution in [1.82, 2.24) is 10.6 Å². The quantitative estimate of drug-likeness (QED) is 0.524. The molecule has 0 fully saturated rings. The van der Waals surface area contributed by atoms with Crippen LogP contribution in [-0.4, -0.2) is 56.0 Å². The minimum atomic E-state index is -1.08. The Hall–Kier alpha value is -3.39. The summed E-state index contributed by atoms with van der Waals surface area (Å²) in [4.78, 5) is 35.3. The summed E-state index contributed by atoms with van der Waals surface area (Å²) in [7, 11) is 1.31. The zero-order chi connectivity index (χ0) is 23.1. The van der Waals surface area contributed by atoms with E-state index in [0.29, 0.717) is 0 Å². The van der Waals surface area contributed by atoms with E-state index < -0.39 is 24.1 Å². The highest BCUT2D eigenvalue weighted by molar-refractivity contribution is 5.80. The van der Waals surface area contributed by atoms with E-state index in [0.717, 1.165) is 22.3 Å². The van der Waals surface area contributed by atoms with E-state index in [1.54, 1.807) is 6.92 Å². The van der Waals surface area contributed by atoms with Crippen LogP contribution in [0.2, 0.25) is 0 Å². The average Bonchev–Trinajstić information content (AvgIpc) is 3.12. The maximum Gasteiger partial charge on any atom is 0.407 e. The first-order valence-electron chi connectivity index (χ1n) is 10.5. The Labute approximate surface area is 186 Å². The number of carbonyl (C=O) groups is 3. The third kappa shape index (κ3) is 5.45. The van der Waals surface area contributed by atoms with Gasteiger partial charge in [-0.05, 0) is 22.3 Å². The van der Waals surface area contributed by atoms with Gasteiger partial charge in [-0.15, -0.1) is 0 Å². The number of methoxy groups -OCH3 is 1. The van der Waals surface area contributed by atoms with Crippen LogP contribution in [0, 0.1) is 5.92 Å². The molecular weight excluding hydrogens is 412 g/mol. The Morgan fingerprint density at radius 2 is 1.59 bits per heavy atom. The molecule has 8 nitrogen and oxygen atoms in total. The second kappa shape index (κ2) is 10.8. The molecule has 2 unspecified atom stereocenters. The van der Waals surface area contributed by atoms with Crippen molar-refractivity contribution in [2.45, 2.75) is 25.4 Å². The zero-order valence-electron chi connectivity index (χ0n) is 18.2. The summed E-state index contributed by atoms with van der Waals surface area (Å²) in [5.41, 5.74) is 4.57. The lowest BCUT2D eigenvalue weighted by molar-refractivity contribution is -0.149. The Kier molecular flexibility index (Phi) is 7.83. The number of hydrogen-bond acceptors (Lipinski definition) is 5. The SMILES string of the molecule is COC(CCNC(=O)C(C)CNC(=O)OCC1c2ccccc2-c2ccccc21)C(=O)O. The van der Waals surface area contributed by atoms with Crippen molar-refractivity contribution in [2.24, 2.45) is 5.92 Å². The number of carbonyl (C=O) groups excluding carboxylic acids is 2. The lowest BCUT2D eigenvalue weighted by Gasteiger charge is -2.16. The number of carboxylic acids is 1. The van der Waals surface area contributed by atoms with Gasteiger partial charge in [-0.1, -0.05) is 55.5 Å². The van der Waals surface area contributed by atoms with E-state index >= 15 is 0 Å². The molecule has 1 aliphatic rings. The van der Waals surface area contributed by atoms with E-state index in [4.69, 9.17) is 14.6 Å². The van der Waals surface area contributed by atoms with Gasteiger partial charge in [0.05, 0.1) is 5.92 Å². The summed E-state index contributed by atoms with van der Waals surface area (Å²) in [5.74, 6) is -1.89. The smallest absolute Gasteiger partial charge is 0.407 e. The third-order valence-electron chi connectivity index (χ3n) is 5.61. The van der Waals surface area contributed by atoms with Gasteiger partial charge in [0.1, 0.15) is 6.61 Å². The maximum absolute atomic E-state index is 12.2. The Bertz CT molecular complexity index is 931. The molecule has 2 aromatic rings. The summed E-state index contributed by atoms with van der Waals surface area (Å²) < 4.78 is 10.3. The molecule has 0 spiro atoms. The second-order valence-electron chi connectivity index (χ2n) is 7.75. The summed E-state index contributed by atoms with van der Waals surface area (Å²) in [6.07, 6.45) is -1.40. The number of fused-ring (bicyclic) bond motifs is 3. The van der Waals surface area contributed by atoms with E-state index in [1.165, 1.54) is 7.11 Å². The van der Waals surface area contributed by atoms with Crippen LogP contribution in [0.4, 0.5) is 4.79 Å². The minimum Gasteiger partial charge on any atom is -0.479 e. The molecule has 3 N–H and O–H groups in total. The lowest BCUT2D eigenvalue weighted by atomic mass is 9.98. The fourth-order valence-corrected chi connectivity index (χ4v) is 3.82. The summed E-state index contributed by atoms with van der Waals surface area (Å²) in [6.45, 7) is 2.15. The van der Waals surface area contributed by atoms with Gasteiger partial charge < -0.3 is 25.2 Å². The van der Waals surface area contributed by atoms with Crippen LogP contribution in [0.5, 0.6) is 0 Å². The number of hydrogen-bond donors (Lipinski definition) is 3. The summed E-state index contributed by atoms with van der Waals surface area (Å²) in [6, 6.07) is 16.2. The molecule has 0 aromatic heterocycles. The highest BCUT2D eigenvalue weighted by Gasteiger charge is 2.29. The molecule has 8 heteroatoms. The van der Waals surface area contributed by atoms with Gasteiger partial charge in [0.15, 0.2) is 6.10 Å². The van der Waals surface area contributed by atoms with E-state index in [2.05, 4.69) is 22.8 Å². The Balaban J connectivity index is 1.45. The van der Waals surface area contributed by atoms with Crippen molar-refractivity contribution in [1.29, 1.82) is 0 Å². The van der Waals surface area contributed by atoms with Gasteiger partial charge in [0.25, 0.3) is 0 Å². The first kappa shape index (κ1) is 23.3. The van der Waals surface area contributed by atoms with Crippen molar-refractivity contribution in [3.63, 3.8) is 0 Å². The van der Waals surface area contributed by atoms with Crippen molar-refractivity contribution in [2.75, 3.05) is 26.8 Å². The molecule has 170 valence electrons. The van der Waals surface area contributed by atoms with Crippen LogP contribution >= 0.6 is 0 Å². The number of rotatable bonds is 10. The van der Waals surface area contributed by atoms with Crippen molar-refractivity contribution < 1.29 is 29.0 Å². The van der Waals surface area contributed by atoms with Crippen molar-refractivity contribution in [3.8, 4) is 11.1 Å². The fourth-order valence-electron chi connectivity index (χ4n) is 3.82. The van der Waals surface area contributed by atoms with Gasteiger partial charge in [0, 0.05) is 32.5 Å². The highest BCUT2D eigenvalue weighted by Crippen LogP contribution is 2.44. The Morgan fingerprint density at radius 1 is 1.00 bits per heavy atom. The lowest BCUT2D eigenvalue weighted by Crippen LogP contribution is -2.39. The number of ether oxygens (including phenoxy) is 2. The molecule has 3 rings (SSSR count). The van der Waals surface area contributed by atoms with Crippen LogP contribution < -0.4 is 10.6 Å². The second-order valence-corrected chi connectivity index (χ2v) is 7.75. The molecule has 0 aliphatic heterocycles. The van der Waals surface area contributed by atoms with Gasteiger partial charge in [-0.2, -0.15) is 0 Å². The first-order valence-corrected chi connectivity index (χ1v) is 10.5. The van der Waals surface area contributed by atoms with Gasteiger partial charge >= 0.3 is 12.1 Å². The minimum absolute atomic E-state index is 0.0307. The number of alkyl carbamates (subject to hydrolysis) is 1. The number of amides is 2.